The topological polar surface area (TPSA) is 41.5 Å². The molecule has 0 aliphatic carbocycles. The fourth-order valence-corrected chi connectivity index (χ4v) is 2.61. The lowest BCUT2D eigenvalue weighted by molar-refractivity contribution is 0.361. The van der Waals surface area contributed by atoms with Crippen LogP contribution in [0.1, 0.15) is 29.9 Å². The Labute approximate surface area is 107 Å². The minimum Gasteiger partial charge on any atom is -0.504 e. The summed E-state index contributed by atoms with van der Waals surface area (Å²) in [6.07, 6.45) is 2.20. The molecule has 0 aromatic heterocycles. The second kappa shape index (κ2) is 5.15. The van der Waals surface area contributed by atoms with Crippen LogP contribution in [0, 0.1) is 6.92 Å². The minimum atomic E-state index is 0.239. The Kier molecular flexibility index (Phi) is 3.79. The Bertz CT molecular complexity index is 414. The third-order valence-electron chi connectivity index (χ3n) is 3.41. The van der Waals surface area contributed by atoms with E-state index in [0.717, 1.165) is 37.1 Å². The van der Waals surface area contributed by atoms with Crippen molar-refractivity contribution in [3.63, 3.8) is 0 Å². The van der Waals surface area contributed by atoms with E-state index >= 15 is 0 Å². The Morgan fingerprint density at radius 1 is 1.53 bits per heavy atom. The lowest BCUT2D eigenvalue weighted by Crippen LogP contribution is -2.28. The third kappa shape index (κ3) is 2.35. The molecule has 17 heavy (non-hydrogen) atoms. The molecule has 1 aliphatic heterocycles. The summed E-state index contributed by atoms with van der Waals surface area (Å²) >= 11 is 6.18. The summed E-state index contributed by atoms with van der Waals surface area (Å²) in [5.74, 6) is 1.05. The van der Waals surface area contributed by atoms with Crippen LogP contribution < -0.4 is 10.1 Å². The van der Waals surface area contributed by atoms with Crippen molar-refractivity contribution in [2.24, 2.45) is 0 Å². The minimum absolute atomic E-state index is 0.239. The number of ether oxygens (including phenoxy) is 1. The van der Waals surface area contributed by atoms with E-state index in [9.17, 15) is 5.11 Å². The number of piperidine rings is 1. The van der Waals surface area contributed by atoms with Crippen LogP contribution in [0.4, 0.5) is 0 Å². The van der Waals surface area contributed by atoms with Gasteiger partial charge in [0.25, 0.3) is 0 Å². The Morgan fingerprint density at radius 3 is 2.88 bits per heavy atom. The summed E-state index contributed by atoms with van der Waals surface area (Å²) in [6, 6.07) is 1.87. The van der Waals surface area contributed by atoms with E-state index in [1.54, 1.807) is 7.11 Å². The molecule has 3 nitrogen and oxygen atoms in total. The number of rotatable bonds is 2. The highest BCUT2D eigenvalue weighted by Crippen LogP contribution is 2.42. The predicted octanol–water partition coefficient (Wildman–Crippen LogP) is 2.83. The molecule has 1 saturated heterocycles. The van der Waals surface area contributed by atoms with Crippen LogP contribution in [-0.2, 0) is 0 Å². The Hall–Kier alpha value is -0.930. The van der Waals surface area contributed by atoms with Gasteiger partial charge in [0.2, 0.25) is 0 Å². The molecule has 1 heterocycles. The lowest BCUT2D eigenvalue weighted by atomic mass is 9.90. The van der Waals surface area contributed by atoms with Gasteiger partial charge >= 0.3 is 0 Å². The first-order valence-corrected chi connectivity index (χ1v) is 6.29. The van der Waals surface area contributed by atoms with Gasteiger partial charge in [-0.25, -0.2) is 0 Å². The van der Waals surface area contributed by atoms with E-state index in [0.29, 0.717) is 16.7 Å². The van der Waals surface area contributed by atoms with E-state index in [4.69, 9.17) is 16.3 Å². The number of methoxy groups -OCH3 is 1. The summed E-state index contributed by atoms with van der Waals surface area (Å²) in [7, 11) is 1.56. The van der Waals surface area contributed by atoms with Crippen LogP contribution in [0.2, 0.25) is 5.02 Å². The van der Waals surface area contributed by atoms with Gasteiger partial charge in [-0.2, -0.15) is 0 Å². The molecule has 1 aliphatic rings. The highest BCUT2D eigenvalue weighted by Gasteiger charge is 2.23. The molecule has 1 unspecified atom stereocenters. The lowest BCUT2D eigenvalue weighted by Gasteiger charge is -2.25. The van der Waals surface area contributed by atoms with Gasteiger partial charge in [0.1, 0.15) is 0 Å². The molecule has 1 fully saturated rings. The van der Waals surface area contributed by atoms with Crippen LogP contribution in [0.15, 0.2) is 6.07 Å². The molecule has 0 spiro atoms. The van der Waals surface area contributed by atoms with Gasteiger partial charge in [-0.1, -0.05) is 11.6 Å². The first-order valence-electron chi connectivity index (χ1n) is 5.91. The third-order valence-corrected chi connectivity index (χ3v) is 3.80. The number of nitrogens with one attached hydrogen (secondary N) is 1. The van der Waals surface area contributed by atoms with Gasteiger partial charge < -0.3 is 15.2 Å². The van der Waals surface area contributed by atoms with Gasteiger partial charge in [-0.15, -0.1) is 0 Å². The summed E-state index contributed by atoms with van der Waals surface area (Å²) in [4.78, 5) is 0. The summed E-state index contributed by atoms with van der Waals surface area (Å²) < 4.78 is 5.23. The smallest absolute Gasteiger partial charge is 0.165 e. The highest BCUT2D eigenvalue weighted by molar-refractivity contribution is 6.31. The van der Waals surface area contributed by atoms with Crippen molar-refractivity contribution in [1.82, 2.24) is 5.32 Å². The maximum atomic E-state index is 10.2. The summed E-state index contributed by atoms with van der Waals surface area (Å²) in [5.41, 5.74) is 1.68. The number of phenolic OH excluding ortho intramolecular Hbond substituents is 1. The number of hydrogen-bond acceptors (Lipinski definition) is 3. The van der Waals surface area contributed by atoms with E-state index in [1.807, 2.05) is 13.0 Å². The van der Waals surface area contributed by atoms with Gasteiger partial charge in [0.05, 0.1) is 7.11 Å². The second-order valence-corrected chi connectivity index (χ2v) is 4.90. The van der Waals surface area contributed by atoms with Crippen LogP contribution in [0.5, 0.6) is 11.5 Å². The van der Waals surface area contributed by atoms with Gasteiger partial charge in [0.15, 0.2) is 11.5 Å². The SMILES string of the molecule is COc1c(C)c(Cl)cc(C2CCCNC2)c1O. The highest BCUT2D eigenvalue weighted by atomic mass is 35.5. The molecule has 94 valence electrons. The van der Waals surface area contributed by atoms with Crippen molar-refractivity contribution in [3.05, 3.63) is 22.2 Å². The van der Waals surface area contributed by atoms with Gasteiger partial charge in [-0.05, 0) is 32.4 Å². The van der Waals surface area contributed by atoms with Crippen molar-refractivity contribution in [2.75, 3.05) is 20.2 Å². The van der Waals surface area contributed by atoms with Crippen LogP contribution >= 0.6 is 11.6 Å². The van der Waals surface area contributed by atoms with E-state index in [-0.39, 0.29) is 5.75 Å². The van der Waals surface area contributed by atoms with Crippen LogP contribution in [-0.4, -0.2) is 25.3 Å². The molecule has 0 saturated carbocycles. The fourth-order valence-electron chi connectivity index (χ4n) is 2.41. The van der Waals surface area contributed by atoms with Crippen molar-refractivity contribution in [1.29, 1.82) is 0 Å². The molecule has 1 aromatic rings. The standard InChI is InChI=1S/C13H18ClNO2/c1-8-11(14)6-10(12(16)13(8)17-2)9-4-3-5-15-7-9/h6,9,15-16H,3-5,7H2,1-2H3. The fraction of sp³-hybridized carbons (Fsp3) is 0.538. The van der Waals surface area contributed by atoms with E-state index in [2.05, 4.69) is 5.32 Å². The number of benzene rings is 1. The summed E-state index contributed by atoms with van der Waals surface area (Å²) in [6.45, 7) is 3.79. The first kappa shape index (κ1) is 12.5. The maximum Gasteiger partial charge on any atom is 0.165 e. The molecule has 2 N–H and O–H groups in total. The molecule has 4 heteroatoms. The molecule has 1 atom stereocenters. The zero-order chi connectivity index (χ0) is 12.4. The molecule has 1 aromatic carbocycles. The predicted molar refractivity (Wildman–Crippen MR) is 69.3 cm³/mol. The quantitative estimate of drug-likeness (QED) is 0.854. The largest absolute Gasteiger partial charge is 0.504 e. The molecule has 0 radical (unpaired) electrons. The number of phenols is 1. The van der Waals surface area contributed by atoms with Crippen molar-refractivity contribution in [3.8, 4) is 11.5 Å². The number of aromatic hydroxyl groups is 1. The summed E-state index contributed by atoms with van der Waals surface area (Å²) in [5, 5.41) is 14.2. The van der Waals surface area contributed by atoms with Crippen molar-refractivity contribution >= 4 is 11.6 Å². The zero-order valence-electron chi connectivity index (χ0n) is 10.2. The van der Waals surface area contributed by atoms with Crippen molar-refractivity contribution in [2.45, 2.75) is 25.7 Å². The number of hydrogen-bond donors (Lipinski definition) is 2. The second-order valence-electron chi connectivity index (χ2n) is 4.50. The molecular formula is C13H18ClNO2. The molecule has 2 rings (SSSR count). The average Bonchev–Trinajstić information content (AvgIpc) is 2.36. The van der Waals surface area contributed by atoms with Crippen LogP contribution in [0.25, 0.3) is 0 Å². The van der Waals surface area contributed by atoms with Crippen LogP contribution in [0.3, 0.4) is 0 Å². The Balaban J connectivity index is 2.42. The van der Waals surface area contributed by atoms with Crippen molar-refractivity contribution < 1.29 is 9.84 Å². The maximum absolute atomic E-state index is 10.2. The number of halogens is 1. The normalized spacial score (nSPS) is 20.3. The average molecular weight is 256 g/mol. The molecule has 0 amide bonds. The molecular weight excluding hydrogens is 238 g/mol. The van der Waals surface area contributed by atoms with Gasteiger partial charge in [-0.3, -0.25) is 0 Å². The van der Waals surface area contributed by atoms with E-state index in [1.165, 1.54) is 0 Å². The zero-order valence-corrected chi connectivity index (χ0v) is 11.0. The monoisotopic (exact) mass is 255 g/mol. The van der Waals surface area contributed by atoms with Gasteiger partial charge in [0, 0.05) is 28.6 Å². The Morgan fingerprint density at radius 2 is 2.29 bits per heavy atom. The van der Waals surface area contributed by atoms with E-state index < -0.39 is 0 Å². The molecule has 0 bridgehead atoms. The first-order chi connectivity index (χ1) is 8.15.